The Kier molecular flexibility index (Phi) is 14.1. The standard InChI is InChI=1S/C45H49ClF2O7Si/c1-49-38-24-21-34(40(47)41(38)48)25-35-26-36(22-23-37(35)46)45(50-2)44(53-29-33-19-13-8-14-20-33)43(52-28-32-17-11-7-12-18-32)42(39(55-45)30-54-56(3,4)5)51-27-31-15-9-6-10-16-31/h6-24,26,39,42-44H,25,27-30H2,1-5H3/t39-,42-,43+,44-,45+/m1/s1. The number of methoxy groups -OCH3 is 2. The Balaban J connectivity index is 1.47. The van der Waals surface area contributed by atoms with Crippen molar-refractivity contribution < 1.29 is 41.6 Å². The summed E-state index contributed by atoms with van der Waals surface area (Å²) >= 11 is 6.79. The van der Waals surface area contributed by atoms with Gasteiger partial charge in [0.05, 0.1) is 33.5 Å². The molecule has 0 aromatic heterocycles. The lowest BCUT2D eigenvalue weighted by Crippen LogP contribution is -2.66. The largest absolute Gasteiger partial charge is 0.494 e. The second-order valence-electron chi connectivity index (χ2n) is 14.7. The van der Waals surface area contributed by atoms with Gasteiger partial charge in [-0.25, -0.2) is 4.39 Å². The third-order valence-corrected chi connectivity index (χ3v) is 11.1. The molecule has 0 spiro atoms. The van der Waals surface area contributed by atoms with Crippen LogP contribution in [0.4, 0.5) is 8.78 Å². The average molecular weight is 803 g/mol. The van der Waals surface area contributed by atoms with Gasteiger partial charge in [0.1, 0.15) is 24.4 Å². The summed E-state index contributed by atoms with van der Waals surface area (Å²) in [6, 6.07) is 37.8. The number of hydrogen-bond donors (Lipinski definition) is 0. The van der Waals surface area contributed by atoms with Crippen LogP contribution in [0.25, 0.3) is 0 Å². The van der Waals surface area contributed by atoms with Crippen LogP contribution in [0.3, 0.4) is 0 Å². The van der Waals surface area contributed by atoms with E-state index in [2.05, 4.69) is 19.6 Å². The fourth-order valence-corrected chi connectivity index (χ4v) is 7.66. The van der Waals surface area contributed by atoms with E-state index in [0.29, 0.717) is 16.1 Å². The van der Waals surface area contributed by atoms with E-state index < -0.39 is 50.2 Å². The molecule has 7 nitrogen and oxygen atoms in total. The summed E-state index contributed by atoms with van der Waals surface area (Å²) in [5.74, 6) is -3.88. The van der Waals surface area contributed by atoms with Gasteiger partial charge in [-0.05, 0) is 65.7 Å². The topological polar surface area (TPSA) is 64.6 Å². The molecule has 1 aliphatic rings. The van der Waals surface area contributed by atoms with Gasteiger partial charge < -0.3 is 32.8 Å². The van der Waals surface area contributed by atoms with Gasteiger partial charge in [0.25, 0.3) is 0 Å². The van der Waals surface area contributed by atoms with E-state index in [0.717, 1.165) is 16.7 Å². The maximum atomic E-state index is 15.3. The molecule has 1 saturated heterocycles. The van der Waals surface area contributed by atoms with Crippen LogP contribution >= 0.6 is 11.6 Å². The van der Waals surface area contributed by atoms with Crippen LogP contribution in [0.1, 0.15) is 33.4 Å². The molecular formula is C45H49ClF2O7Si. The molecular weight excluding hydrogens is 754 g/mol. The van der Waals surface area contributed by atoms with Crippen molar-refractivity contribution in [3.05, 3.63) is 171 Å². The van der Waals surface area contributed by atoms with E-state index in [9.17, 15) is 4.39 Å². The van der Waals surface area contributed by atoms with Gasteiger partial charge in [-0.1, -0.05) is 115 Å². The first-order valence-electron chi connectivity index (χ1n) is 18.6. The quantitative estimate of drug-likeness (QED) is 0.0868. The van der Waals surface area contributed by atoms with Crippen LogP contribution < -0.4 is 4.74 Å². The van der Waals surface area contributed by atoms with Crippen LogP contribution in [0.15, 0.2) is 121 Å². The van der Waals surface area contributed by atoms with E-state index in [1.807, 2.05) is 91.0 Å². The highest BCUT2D eigenvalue weighted by atomic mass is 35.5. The Labute approximate surface area is 334 Å². The van der Waals surface area contributed by atoms with Crippen molar-refractivity contribution >= 4 is 19.9 Å². The maximum absolute atomic E-state index is 15.3. The van der Waals surface area contributed by atoms with Crippen molar-refractivity contribution in [2.45, 2.75) is 76.1 Å². The summed E-state index contributed by atoms with van der Waals surface area (Å²) in [4.78, 5) is 0. The number of benzene rings is 5. The van der Waals surface area contributed by atoms with Crippen molar-refractivity contribution in [3.8, 4) is 5.75 Å². The van der Waals surface area contributed by atoms with Crippen LogP contribution in [0.5, 0.6) is 5.75 Å². The molecule has 1 fully saturated rings. The van der Waals surface area contributed by atoms with Gasteiger partial charge >= 0.3 is 0 Å². The fourth-order valence-electron chi connectivity index (χ4n) is 6.82. The molecule has 296 valence electrons. The summed E-state index contributed by atoms with van der Waals surface area (Å²) in [6.07, 6.45) is -3.09. The highest BCUT2D eigenvalue weighted by molar-refractivity contribution is 6.69. The van der Waals surface area contributed by atoms with Gasteiger partial charge in [-0.2, -0.15) is 4.39 Å². The van der Waals surface area contributed by atoms with Gasteiger partial charge in [0.15, 0.2) is 19.9 Å². The zero-order valence-electron chi connectivity index (χ0n) is 32.4. The Bertz CT molecular complexity index is 2000. The molecule has 5 atom stereocenters. The maximum Gasteiger partial charge on any atom is 0.225 e. The van der Waals surface area contributed by atoms with Crippen LogP contribution in [-0.4, -0.2) is 53.6 Å². The highest BCUT2D eigenvalue weighted by Crippen LogP contribution is 2.45. The molecule has 5 aromatic rings. The van der Waals surface area contributed by atoms with Gasteiger partial charge in [-0.3, -0.25) is 0 Å². The van der Waals surface area contributed by atoms with Crippen molar-refractivity contribution in [1.82, 2.24) is 0 Å². The van der Waals surface area contributed by atoms with E-state index >= 15 is 4.39 Å². The van der Waals surface area contributed by atoms with Gasteiger partial charge in [0.2, 0.25) is 11.6 Å². The molecule has 5 aromatic carbocycles. The molecule has 0 saturated carbocycles. The van der Waals surface area contributed by atoms with Crippen molar-refractivity contribution in [2.75, 3.05) is 20.8 Å². The summed E-state index contributed by atoms with van der Waals surface area (Å²) in [5.41, 5.74) is 4.04. The van der Waals surface area contributed by atoms with Gasteiger partial charge in [-0.15, -0.1) is 0 Å². The predicted molar refractivity (Wildman–Crippen MR) is 215 cm³/mol. The lowest BCUT2D eigenvalue weighted by molar-refractivity contribution is -0.384. The summed E-state index contributed by atoms with van der Waals surface area (Å²) in [7, 11) is 0.767. The smallest absolute Gasteiger partial charge is 0.225 e. The molecule has 1 aliphatic heterocycles. The Morgan fingerprint density at radius 1 is 0.661 bits per heavy atom. The molecule has 0 unspecified atom stereocenters. The Morgan fingerprint density at radius 2 is 1.21 bits per heavy atom. The minimum atomic E-state index is -2.08. The Morgan fingerprint density at radius 3 is 1.75 bits per heavy atom. The lowest BCUT2D eigenvalue weighted by Gasteiger charge is -2.52. The Hall–Kier alpha value is -3.97. The van der Waals surface area contributed by atoms with Crippen molar-refractivity contribution in [3.63, 3.8) is 0 Å². The predicted octanol–water partition coefficient (Wildman–Crippen LogP) is 10.0. The SMILES string of the molecule is COc1ccc(Cc2cc([C@]3(OC)O[C@H](CO[Si](C)(C)C)[C@@H](OCc4ccccc4)[C@H](OCc4ccccc4)[C@H]3OCc3ccccc3)ccc2Cl)c(F)c1F. The first-order valence-corrected chi connectivity index (χ1v) is 22.4. The van der Waals surface area contributed by atoms with Crippen molar-refractivity contribution in [2.24, 2.45) is 0 Å². The monoisotopic (exact) mass is 802 g/mol. The van der Waals surface area contributed by atoms with Crippen LogP contribution in [-0.2, 0) is 60.1 Å². The highest BCUT2D eigenvalue weighted by Gasteiger charge is 2.58. The molecule has 0 N–H and O–H groups in total. The fraction of sp³-hybridized carbons (Fsp3) is 0.333. The first kappa shape index (κ1) is 41.7. The summed E-state index contributed by atoms with van der Waals surface area (Å²) < 4.78 is 76.0. The van der Waals surface area contributed by atoms with E-state index in [1.54, 1.807) is 25.3 Å². The molecule has 1 heterocycles. The molecule has 0 amide bonds. The normalized spacial score (nSPS) is 21.2. The first-order chi connectivity index (χ1) is 27.0. The van der Waals surface area contributed by atoms with E-state index in [4.69, 9.17) is 44.4 Å². The average Bonchev–Trinajstić information content (AvgIpc) is 3.21. The molecule has 0 bridgehead atoms. The third-order valence-electron chi connectivity index (χ3n) is 9.69. The number of rotatable bonds is 17. The van der Waals surface area contributed by atoms with Crippen LogP contribution in [0.2, 0.25) is 24.7 Å². The summed E-state index contributed by atoms with van der Waals surface area (Å²) in [5, 5.41) is 0.354. The minimum Gasteiger partial charge on any atom is -0.494 e. The van der Waals surface area contributed by atoms with E-state index in [1.165, 1.54) is 19.2 Å². The minimum absolute atomic E-state index is 0.0202. The lowest BCUT2D eigenvalue weighted by atomic mass is 9.86. The second kappa shape index (κ2) is 19.0. The second-order valence-corrected chi connectivity index (χ2v) is 19.6. The molecule has 56 heavy (non-hydrogen) atoms. The third kappa shape index (κ3) is 10.1. The van der Waals surface area contributed by atoms with Crippen LogP contribution in [0, 0.1) is 11.6 Å². The molecule has 0 aliphatic carbocycles. The zero-order valence-corrected chi connectivity index (χ0v) is 34.1. The molecule has 6 rings (SSSR count). The summed E-state index contributed by atoms with van der Waals surface area (Å²) in [6.45, 7) is 7.25. The number of halogens is 3. The molecule has 0 radical (unpaired) electrons. The number of hydrogen-bond acceptors (Lipinski definition) is 7. The van der Waals surface area contributed by atoms with Gasteiger partial charge in [0, 0.05) is 24.1 Å². The number of ether oxygens (including phenoxy) is 6. The molecule has 11 heteroatoms. The zero-order chi connectivity index (χ0) is 39.7. The van der Waals surface area contributed by atoms with Crippen molar-refractivity contribution in [1.29, 1.82) is 0 Å². The van der Waals surface area contributed by atoms with E-state index in [-0.39, 0.29) is 44.2 Å².